The number of hydrogen-bond acceptors (Lipinski definition) is 6. The Morgan fingerprint density at radius 3 is 2.64 bits per heavy atom. The Kier molecular flexibility index (Phi) is 4.09. The van der Waals surface area contributed by atoms with Crippen LogP contribution >= 0.6 is 0 Å². The third-order valence-corrected chi connectivity index (χ3v) is 5.52. The summed E-state index contributed by atoms with van der Waals surface area (Å²) in [4.78, 5) is 10.8. The smallest absolute Gasteiger partial charge is 0.225 e. The maximum atomic E-state index is 11.8. The maximum absolute atomic E-state index is 11.8. The molecule has 0 aromatic carbocycles. The lowest BCUT2D eigenvalue weighted by atomic mass is 9.92. The molecule has 3 rings (SSSR count). The van der Waals surface area contributed by atoms with Crippen LogP contribution in [0.1, 0.15) is 18.4 Å². The summed E-state index contributed by atoms with van der Waals surface area (Å²) < 4.78 is 31.2. The van der Waals surface area contributed by atoms with Crippen molar-refractivity contribution in [3.05, 3.63) is 18.0 Å². The van der Waals surface area contributed by atoms with Gasteiger partial charge in [0, 0.05) is 32.0 Å². The van der Waals surface area contributed by atoms with Crippen LogP contribution in [0.25, 0.3) is 0 Å². The second kappa shape index (κ2) is 5.75. The first-order valence-electron chi connectivity index (χ1n) is 7.51. The highest BCUT2D eigenvalue weighted by atomic mass is 32.2. The Labute approximate surface area is 131 Å². The minimum atomic E-state index is -3.19. The van der Waals surface area contributed by atoms with E-state index in [0.29, 0.717) is 32.2 Å². The molecule has 1 aromatic rings. The lowest BCUT2D eigenvalue weighted by molar-refractivity contribution is -0.0838. The van der Waals surface area contributed by atoms with Crippen molar-refractivity contribution in [1.29, 1.82) is 0 Å². The number of morpholine rings is 1. The van der Waals surface area contributed by atoms with E-state index in [-0.39, 0.29) is 0 Å². The van der Waals surface area contributed by atoms with E-state index in [1.807, 2.05) is 6.92 Å². The largest absolute Gasteiger partial charge is 0.370 e. The summed E-state index contributed by atoms with van der Waals surface area (Å²) in [6.45, 7) is 4.86. The number of rotatable bonds is 2. The van der Waals surface area contributed by atoms with Gasteiger partial charge in [-0.05, 0) is 25.3 Å². The van der Waals surface area contributed by atoms with Crippen molar-refractivity contribution in [3.63, 3.8) is 0 Å². The molecule has 0 aliphatic carbocycles. The molecule has 2 fully saturated rings. The number of aromatic nitrogens is 2. The van der Waals surface area contributed by atoms with Crippen LogP contribution in [0.2, 0.25) is 0 Å². The lowest BCUT2D eigenvalue weighted by Gasteiger charge is -2.47. The summed E-state index contributed by atoms with van der Waals surface area (Å²) in [6.07, 6.45) is 6.54. The average molecular weight is 326 g/mol. The Hall–Kier alpha value is -1.25. The number of nitrogens with zero attached hydrogens (tertiary/aromatic N) is 4. The molecule has 0 N–H and O–H groups in total. The van der Waals surface area contributed by atoms with Crippen molar-refractivity contribution in [3.8, 4) is 0 Å². The Bertz CT molecular complexity index is 630. The van der Waals surface area contributed by atoms with Crippen LogP contribution in [0, 0.1) is 6.92 Å². The molecule has 0 amide bonds. The first-order chi connectivity index (χ1) is 10.4. The molecule has 1 spiro atoms. The van der Waals surface area contributed by atoms with Gasteiger partial charge < -0.3 is 9.64 Å². The van der Waals surface area contributed by atoms with Gasteiger partial charge in [-0.2, -0.15) is 4.31 Å². The van der Waals surface area contributed by atoms with Gasteiger partial charge >= 0.3 is 0 Å². The Balaban J connectivity index is 1.78. The van der Waals surface area contributed by atoms with E-state index in [2.05, 4.69) is 14.9 Å². The molecule has 1 aromatic heterocycles. The van der Waals surface area contributed by atoms with Crippen LogP contribution in [-0.2, 0) is 14.8 Å². The highest BCUT2D eigenvalue weighted by molar-refractivity contribution is 7.88. The van der Waals surface area contributed by atoms with E-state index in [0.717, 1.165) is 24.9 Å². The average Bonchev–Trinajstić information content (AvgIpc) is 2.47. The maximum Gasteiger partial charge on any atom is 0.225 e. The van der Waals surface area contributed by atoms with Crippen molar-refractivity contribution in [2.75, 3.05) is 43.9 Å². The molecule has 122 valence electrons. The van der Waals surface area contributed by atoms with Crippen LogP contribution in [0.3, 0.4) is 0 Å². The van der Waals surface area contributed by atoms with Crippen molar-refractivity contribution in [2.45, 2.75) is 25.4 Å². The number of hydrogen-bond donors (Lipinski definition) is 0. The third kappa shape index (κ3) is 3.23. The fraction of sp³-hybridized carbons (Fsp3) is 0.714. The molecule has 2 aliphatic heterocycles. The van der Waals surface area contributed by atoms with Crippen molar-refractivity contribution in [1.82, 2.24) is 14.3 Å². The fourth-order valence-electron chi connectivity index (χ4n) is 3.15. The van der Waals surface area contributed by atoms with Crippen LogP contribution in [0.15, 0.2) is 12.4 Å². The Morgan fingerprint density at radius 1 is 1.23 bits per heavy atom. The van der Waals surface area contributed by atoms with Gasteiger partial charge in [-0.1, -0.05) is 0 Å². The molecule has 22 heavy (non-hydrogen) atoms. The molecule has 7 nitrogen and oxygen atoms in total. The predicted molar refractivity (Wildman–Crippen MR) is 83.3 cm³/mol. The summed E-state index contributed by atoms with van der Waals surface area (Å²) in [5.41, 5.74) is 0.570. The van der Waals surface area contributed by atoms with Crippen molar-refractivity contribution < 1.29 is 13.2 Å². The molecular weight excluding hydrogens is 304 g/mol. The molecule has 2 saturated heterocycles. The molecule has 0 bridgehead atoms. The number of aryl methyl sites for hydroxylation is 1. The first-order valence-corrected chi connectivity index (χ1v) is 9.36. The van der Waals surface area contributed by atoms with Crippen LogP contribution in [0.4, 0.5) is 5.95 Å². The highest BCUT2D eigenvalue weighted by Gasteiger charge is 2.43. The van der Waals surface area contributed by atoms with E-state index >= 15 is 0 Å². The van der Waals surface area contributed by atoms with Crippen molar-refractivity contribution in [2.24, 2.45) is 0 Å². The molecule has 8 heteroatoms. The summed E-state index contributed by atoms with van der Waals surface area (Å²) in [5.74, 6) is 0.685. The summed E-state index contributed by atoms with van der Waals surface area (Å²) in [7, 11) is -3.19. The van der Waals surface area contributed by atoms with E-state index in [4.69, 9.17) is 4.74 Å². The van der Waals surface area contributed by atoms with Gasteiger partial charge in [-0.3, -0.25) is 0 Å². The minimum Gasteiger partial charge on any atom is -0.370 e. The van der Waals surface area contributed by atoms with Gasteiger partial charge in [0.25, 0.3) is 0 Å². The number of piperidine rings is 1. The fourth-order valence-corrected chi connectivity index (χ4v) is 4.08. The lowest BCUT2D eigenvalue weighted by Crippen LogP contribution is -2.60. The first kappa shape index (κ1) is 15.6. The zero-order valence-corrected chi connectivity index (χ0v) is 13.8. The normalized spacial score (nSPS) is 27.3. The zero-order valence-electron chi connectivity index (χ0n) is 13.0. The predicted octanol–water partition coefficient (Wildman–Crippen LogP) is 0.416. The third-order valence-electron chi connectivity index (χ3n) is 4.27. The van der Waals surface area contributed by atoms with Crippen LogP contribution < -0.4 is 4.90 Å². The van der Waals surface area contributed by atoms with Gasteiger partial charge in [0.05, 0.1) is 25.0 Å². The van der Waals surface area contributed by atoms with E-state index in [1.54, 1.807) is 12.4 Å². The number of sulfonamides is 1. The van der Waals surface area contributed by atoms with Crippen LogP contribution in [0.5, 0.6) is 0 Å². The van der Waals surface area contributed by atoms with E-state index in [9.17, 15) is 8.42 Å². The van der Waals surface area contributed by atoms with Gasteiger partial charge in [0.15, 0.2) is 0 Å². The quantitative estimate of drug-likeness (QED) is 0.784. The minimum absolute atomic E-state index is 0.411. The number of ether oxygens (including phenoxy) is 1. The molecule has 1 unspecified atom stereocenters. The molecule has 3 heterocycles. The van der Waals surface area contributed by atoms with Gasteiger partial charge in [0.1, 0.15) is 0 Å². The van der Waals surface area contributed by atoms with E-state index in [1.165, 1.54) is 10.6 Å². The standard InChI is InChI=1S/C14H22N4O3S/c1-12-8-15-13(16-9-12)17-6-7-21-14(10-17)4-3-5-18(11-14)22(2,19)20/h8-9H,3-7,10-11H2,1-2H3. The monoisotopic (exact) mass is 326 g/mol. The van der Waals surface area contributed by atoms with Gasteiger partial charge in [-0.25, -0.2) is 18.4 Å². The second-order valence-electron chi connectivity index (χ2n) is 6.21. The highest BCUT2D eigenvalue weighted by Crippen LogP contribution is 2.31. The van der Waals surface area contributed by atoms with Gasteiger partial charge in [-0.15, -0.1) is 0 Å². The van der Waals surface area contributed by atoms with Gasteiger partial charge in [0.2, 0.25) is 16.0 Å². The van der Waals surface area contributed by atoms with Crippen molar-refractivity contribution >= 4 is 16.0 Å². The SMILES string of the molecule is Cc1cnc(N2CCOC3(CCCN(S(C)(=O)=O)C3)C2)nc1. The Morgan fingerprint density at radius 2 is 1.95 bits per heavy atom. The molecule has 0 saturated carbocycles. The summed E-state index contributed by atoms with van der Waals surface area (Å²) in [6, 6.07) is 0. The molecular formula is C14H22N4O3S. The molecule has 0 radical (unpaired) electrons. The summed E-state index contributed by atoms with van der Waals surface area (Å²) in [5, 5.41) is 0. The summed E-state index contributed by atoms with van der Waals surface area (Å²) >= 11 is 0. The topological polar surface area (TPSA) is 75.6 Å². The molecule has 1 atom stereocenters. The van der Waals surface area contributed by atoms with E-state index < -0.39 is 15.6 Å². The molecule has 2 aliphatic rings. The second-order valence-corrected chi connectivity index (χ2v) is 8.20. The van der Waals surface area contributed by atoms with Crippen LogP contribution in [-0.4, -0.2) is 67.3 Å². The zero-order chi connectivity index (χ0) is 15.8. The number of anilines is 1.